The Morgan fingerprint density at radius 2 is 1.48 bits per heavy atom. The summed E-state index contributed by atoms with van der Waals surface area (Å²) in [7, 11) is 0. The van der Waals surface area contributed by atoms with Crippen molar-refractivity contribution < 1.29 is 9.90 Å². The summed E-state index contributed by atoms with van der Waals surface area (Å²) in [6.07, 6.45) is 0.938. The molecular weight excluding hydrogens is 386 g/mol. The van der Waals surface area contributed by atoms with Gasteiger partial charge in [0.25, 0.3) is 11.1 Å². The second-order valence-corrected chi connectivity index (χ2v) is 8.32. The monoisotopic (exact) mass is 403 g/mol. The molecule has 5 aromatic rings. The highest BCUT2D eigenvalue weighted by Gasteiger charge is 2.17. The van der Waals surface area contributed by atoms with Gasteiger partial charge in [-0.05, 0) is 47.9 Å². The SMILES string of the molecule is O=C(O)CCCCn1c(=O)c2ccc3sc4ccccc4c4ccc(c1=O)c2c34. The van der Waals surface area contributed by atoms with Crippen molar-refractivity contribution in [3.05, 3.63) is 69.2 Å². The first-order valence-corrected chi connectivity index (χ1v) is 10.3. The van der Waals surface area contributed by atoms with Crippen LogP contribution in [-0.2, 0) is 11.3 Å². The molecule has 0 aliphatic carbocycles. The Bertz CT molecular complexity index is 1500. The molecular formula is C23H17NO4S. The maximum Gasteiger partial charge on any atom is 0.303 e. The zero-order valence-corrected chi connectivity index (χ0v) is 16.3. The van der Waals surface area contributed by atoms with Crippen molar-refractivity contribution in [2.24, 2.45) is 0 Å². The summed E-state index contributed by atoms with van der Waals surface area (Å²) in [4.78, 5) is 36.9. The van der Waals surface area contributed by atoms with Crippen LogP contribution in [0.4, 0.5) is 0 Å². The third-order valence-electron chi connectivity index (χ3n) is 5.49. The predicted octanol–water partition coefficient (Wildman–Crippen LogP) is 4.58. The minimum absolute atomic E-state index is 0.0335. The van der Waals surface area contributed by atoms with Gasteiger partial charge in [0.05, 0.1) is 0 Å². The first-order chi connectivity index (χ1) is 14.1. The van der Waals surface area contributed by atoms with E-state index in [0.717, 1.165) is 30.9 Å². The lowest BCUT2D eigenvalue weighted by atomic mass is 9.97. The van der Waals surface area contributed by atoms with Gasteiger partial charge < -0.3 is 5.11 Å². The van der Waals surface area contributed by atoms with E-state index in [9.17, 15) is 14.4 Å². The van der Waals surface area contributed by atoms with Crippen molar-refractivity contribution >= 4 is 59.0 Å². The van der Waals surface area contributed by atoms with Crippen LogP contribution in [0.25, 0.3) is 41.7 Å². The topological polar surface area (TPSA) is 76.4 Å². The molecule has 5 rings (SSSR count). The zero-order chi connectivity index (χ0) is 20.1. The minimum Gasteiger partial charge on any atom is -0.481 e. The van der Waals surface area contributed by atoms with E-state index in [1.54, 1.807) is 11.3 Å². The quantitative estimate of drug-likeness (QED) is 0.265. The van der Waals surface area contributed by atoms with E-state index in [1.165, 1.54) is 4.57 Å². The molecule has 5 nitrogen and oxygen atoms in total. The molecule has 0 aliphatic rings. The number of carboxylic acid groups (broad SMARTS) is 1. The first-order valence-electron chi connectivity index (χ1n) is 9.51. The fourth-order valence-electron chi connectivity index (χ4n) is 4.16. The number of fused-ring (bicyclic) bond motifs is 2. The number of rotatable bonds is 5. The first kappa shape index (κ1) is 17.8. The Hall–Kier alpha value is -3.25. The van der Waals surface area contributed by atoms with Crippen molar-refractivity contribution in [1.29, 1.82) is 0 Å². The van der Waals surface area contributed by atoms with Gasteiger partial charge in [-0.2, -0.15) is 0 Å². The highest BCUT2D eigenvalue weighted by atomic mass is 32.1. The second kappa shape index (κ2) is 6.67. The zero-order valence-electron chi connectivity index (χ0n) is 15.5. The molecule has 1 N–H and O–H groups in total. The number of carbonyl (C=O) groups is 1. The molecule has 6 heteroatoms. The summed E-state index contributed by atoms with van der Waals surface area (Å²) < 4.78 is 3.47. The van der Waals surface area contributed by atoms with Crippen LogP contribution in [0.5, 0.6) is 0 Å². The summed E-state index contributed by atoms with van der Waals surface area (Å²) >= 11 is 1.66. The average molecular weight is 403 g/mol. The smallest absolute Gasteiger partial charge is 0.303 e. The van der Waals surface area contributed by atoms with E-state index in [2.05, 4.69) is 12.1 Å². The molecule has 144 valence electrons. The molecule has 2 heterocycles. The number of unbranched alkanes of at least 4 members (excludes halogenated alkanes) is 1. The number of aliphatic carboxylic acids is 1. The summed E-state index contributed by atoms with van der Waals surface area (Å²) in [6.45, 7) is 0.229. The summed E-state index contributed by atoms with van der Waals surface area (Å²) in [5.41, 5.74) is -0.601. The van der Waals surface area contributed by atoms with Crippen LogP contribution in [0.2, 0.25) is 0 Å². The number of carboxylic acids is 1. The number of hydrogen-bond acceptors (Lipinski definition) is 4. The van der Waals surface area contributed by atoms with Gasteiger partial charge in [-0.15, -0.1) is 11.3 Å². The number of nitrogens with zero attached hydrogens (tertiary/aromatic N) is 1. The molecule has 0 radical (unpaired) electrons. The molecule has 0 aliphatic heterocycles. The lowest BCUT2D eigenvalue weighted by Gasteiger charge is -2.14. The normalized spacial score (nSPS) is 11.9. The van der Waals surface area contributed by atoms with E-state index in [4.69, 9.17) is 5.11 Å². The van der Waals surface area contributed by atoms with E-state index in [-0.39, 0.29) is 24.1 Å². The standard InChI is InChI=1S/C23H17NO4S/c25-19(26)7-3-4-12-24-22(27)15-9-8-14-13-5-1-2-6-17(13)29-18-11-10-16(23(24)28)20(15)21(14)18/h1-2,5-6,8-11H,3-4,7,12H2,(H,25,26). The van der Waals surface area contributed by atoms with Gasteiger partial charge >= 0.3 is 5.97 Å². The van der Waals surface area contributed by atoms with Crippen molar-refractivity contribution in [2.45, 2.75) is 25.8 Å². The van der Waals surface area contributed by atoms with Gasteiger partial charge in [-0.25, -0.2) is 0 Å². The van der Waals surface area contributed by atoms with E-state index >= 15 is 0 Å². The molecule has 0 atom stereocenters. The molecule has 0 amide bonds. The maximum atomic E-state index is 13.1. The Morgan fingerprint density at radius 3 is 2.24 bits per heavy atom. The largest absolute Gasteiger partial charge is 0.481 e. The number of pyridine rings is 1. The molecule has 2 aromatic heterocycles. The Labute approximate surface area is 168 Å². The highest BCUT2D eigenvalue weighted by molar-refractivity contribution is 7.25. The van der Waals surface area contributed by atoms with Crippen LogP contribution in [-0.4, -0.2) is 15.6 Å². The number of benzene rings is 3. The van der Waals surface area contributed by atoms with Crippen LogP contribution in [0.3, 0.4) is 0 Å². The fourth-order valence-corrected chi connectivity index (χ4v) is 5.28. The van der Waals surface area contributed by atoms with E-state index < -0.39 is 5.97 Å². The van der Waals surface area contributed by atoms with Crippen molar-refractivity contribution in [1.82, 2.24) is 4.57 Å². The third kappa shape index (κ3) is 2.71. The maximum absolute atomic E-state index is 13.1. The molecule has 0 saturated carbocycles. The van der Waals surface area contributed by atoms with Crippen molar-refractivity contribution in [2.75, 3.05) is 0 Å². The van der Waals surface area contributed by atoms with Gasteiger partial charge in [0.15, 0.2) is 0 Å². The summed E-state index contributed by atoms with van der Waals surface area (Å²) in [6, 6.07) is 15.7. The van der Waals surface area contributed by atoms with E-state index in [1.807, 2.05) is 36.4 Å². The highest BCUT2D eigenvalue weighted by Crippen LogP contribution is 2.39. The van der Waals surface area contributed by atoms with Crippen LogP contribution >= 0.6 is 11.3 Å². The number of hydrogen-bond donors (Lipinski definition) is 1. The predicted molar refractivity (Wildman–Crippen MR) is 118 cm³/mol. The fraction of sp³-hybridized carbons (Fsp3) is 0.174. The third-order valence-corrected chi connectivity index (χ3v) is 6.63. The lowest BCUT2D eigenvalue weighted by molar-refractivity contribution is -0.137. The van der Waals surface area contributed by atoms with E-state index in [0.29, 0.717) is 23.6 Å². The van der Waals surface area contributed by atoms with Gasteiger partial charge in [-0.3, -0.25) is 19.0 Å². The van der Waals surface area contributed by atoms with Gasteiger partial charge in [-0.1, -0.05) is 24.3 Å². The Morgan fingerprint density at radius 1 is 0.793 bits per heavy atom. The van der Waals surface area contributed by atoms with Crippen LogP contribution in [0.1, 0.15) is 19.3 Å². The molecule has 0 spiro atoms. The van der Waals surface area contributed by atoms with Gasteiger partial charge in [0, 0.05) is 43.9 Å². The second-order valence-electron chi connectivity index (χ2n) is 7.23. The molecule has 0 unspecified atom stereocenters. The summed E-state index contributed by atoms with van der Waals surface area (Å²) in [5.74, 6) is -0.872. The Kier molecular flexibility index (Phi) is 4.10. The summed E-state index contributed by atoms with van der Waals surface area (Å²) in [5, 5.41) is 13.7. The van der Waals surface area contributed by atoms with Crippen LogP contribution < -0.4 is 11.1 Å². The molecule has 0 bridgehead atoms. The van der Waals surface area contributed by atoms with Crippen LogP contribution in [0.15, 0.2) is 58.1 Å². The van der Waals surface area contributed by atoms with Crippen molar-refractivity contribution in [3.8, 4) is 0 Å². The molecule has 0 fully saturated rings. The Balaban J connectivity index is 1.79. The van der Waals surface area contributed by atoms with Crippen molar-refractivity contribution in [3.63, 3.8) is 0 Å². The average Bonchev–Trinajstić information content (AvgIpc) is 2.72. The molecule has 0 saturated heterocycles. The van der Waals surface area contributed by atoms with Gasteiger partial charge in [0.2, 0.25) is 0 Å². The van der Waals surface area contributed by atoms with Crippen LogP contribution in [0, 0.1) is 0 Å². The minimum atomic E-state index is -0.872. The molecule has 29 heavy (non-hydrogen) atoms. The number of aromatic nitrogens is 1. The molecule has 3 aromatic carbocycles. The lowest BCUT2D eigenvalue weighted by Crippen LogP contribution is -2.33. The van der Waals surface area contributed by atoms with Gasteiger partial charge in [0.1, 0.15) is 0 Å².